The van der Waals surface area contributed by atoms with Crippen molar-refractivity contribution in [2.75, 3.05) is 4.90 Å². The van der Waals surface area contributed by atoms with Gasteiger partial charge in [0.2, 0.25) is 5.91 Å². The lowest BCUT2D eigenvalue weighted by Crippen LogP contribution is -2.31. The Bertz CT molecular complexity index is 642. The van der Waals surface area contributed by atoms with Gasteiger partial charge in [-0.25, -0.2) is 0 Å². The van der Waals surface area contributed by atoms with Gasteiger partial charge in [-0.2, -0.15) is 0 Å². The maximum atomic E-state index is 12.2. The molecule has 2 aromatic rings. The van der Waals surface area contributed by atoms with E-state index in [9.17, 15) is 4.79 Å². The normalized spacial score (nSPS) is 17.7. The number of hydrogen-bond donors (Lipinski definition) is 1. The molecule has 4 heteroatoms. The highest BCUT2D eigenvalue weighted by molar-refractivity contribution is 6.30. The molecule has 0 saturated heterocycles. The van der Waals surface area contributed by atoms with E-state index in [-0.39, 0.29) is 5.91 Å². The van der Waals surface area contributed by atoms with Crippen LogP contribution in [0.25, 0.3) is 0 Å². The van der Waals surface area contributed by atoms with Gasteiger partial charge in [0.1, 0.15) is 6.04 Å². The Morgan fingerprint density at radius 2 is 1.95 bits per heavy atom. The van der Waals surface area contributed by atoms with Crippen LogP contribution in [0.3, 0.4) is 0 Å². The van der Waals surface area contributed by atoms with E-state index in [2.05, 4.69) is 0 Å². The number of rotatable bonds is 2. The first-order chi connectivity index (χ1) is 9.16. The van der Waals surface area contributed by atoms with Gasteiger partial charge in [0.05, 0.1) is 6.54 Å². The third-order valence-corrected chi connectivity index (χ3v) is 3.56. The minimum atomic E-state index is -0.560. The van der Waals surface area contributed by atoms with E-state index in [0.29, 0.717) is 11.6 Å². The largest absolute Gasteiger partial charge is 0.316 e. The Morgan fingerprint density at radius 1 is 1.16 bits per heavy atom. The van der Waals surface area contributed by atoms with Gasteiger partial charge in [-0.15, -0.1) is 0 Å². The fourth-order valence-electron chi connectivity index (χ4n) is 2.40. The Morgan fingerprint density at radius 3 is 2.74 bits per heavy atom. The first kappa shape index (κ1) is 12.2. The smallest absolute Gasteiger partial charge is 0.248 e. The zero-order valence-corrected chi connectivity index (χ0v) is 11.0. The van der Waals surface area contributed by atoms with Crippen molar-refractivity contribution in [3.05, 3.63) is 64.7 Å². The van der Waals surface area contributed by atoms with Gasteiger partial charge >= 0.3 is 0 Å². The number of nitrogens with two attached hydrogens (primary N) is 1. The number of hydrogen-bond acceptors (Lipinski definition) is 2. The third-order valence-electron chi connectivity index (χ3n) is 3.32. The number of fused-ring (bicyclic) bond motifs is 1. The van der Waals surface area contributed by atoms with E-state index in [0.717, 1.165) is 16.8 Å². The second-order valence-corrected chi connectivity index (χ2v) is 5.03. The van der Waals surface area contributed by atoms with Crippen LogP contribution in [-0.2, 0) is 11.3 Å². The predicted octanol–water partition coefficient (Wildman–Crippen LogP) is 2.89. The van der Waals surface area contributed by atoms with E-state index >= 15 is 0 Å². The Balaban J connectivity index is 1.95. The van der Waals surface area contributed by atoms with Crippen molar-refractivity contribution in [1.29, 1.82) is 0 Å². The third kappa shape index (κ3) is 2.11. The number of anilines is 1. The van der Waals surface area contributed by atoms with E-state index in [1.165, 1.54) is 0 Å². The van der Waals surface area contributed by atoms with Crippen LogP contribution in [0, 0.1) is 0 Å². The molecule has 2 N–H and O–H groups in total. The molecule has 3 nitrogen and oxygen atoms in total. The number of carbonyl (C=O) groups is 1. The SMILES string of the molecule is N[C@H]1C(=O)N(Cc2cccc(Cl)c2)c2ccccc21. The maximum Gasteiger partial charge on any atom is 0.248 e. The van der Waals surface area contributed by atoms with Crippen molar-refractivity contribution in [1.82, 2.24) is 0 Å². The van der Waals surface area contributed by atoms with Crippen LogP contribution in [0.2, 0.25) is 5.02 Å². The minimum Gasteiger partial charge on any atom is -0.316 e. The number of benzene rings is 2. The standard InChI is InChI=1S/C15H13ClN2O/c16-11-5-3-4-10(8-11)9-18-13-7-2-1-6-12(13)14(17)15(18)19/h1-8,14H,9,17H2/t14-/m1/s1. The topological polar surface area (TPSA) is 46.3 Å². The number of halogens is 1. The van der Waals surface area contributed by atoms with Crippen molar-refractivity contribution in [2.24, 2.45) is 5.73 Å². The highest BCUT2D eigenvalue weighted by Crippen LogP contribution is 2.35. The zero-order chi connectivity index (χ0) is 13.4. The van der Waals surface area contributed by atoms with E-state index in [1.54, 1.807) is 4.90 Å². The maximum absolute atomic E-state index is 12.2. The molecule has 19 heavy (non-hydrogen) atoms. The Kier molecular flexibility index (Phi) is 3.01. The predicted molar refractivity (Wildman–Crippen MR) is 76.0 cm³/mol. The van der Waals surface area contributed by atoms with Crippen molar-refractivity contribution in [2.45, 2.75) is 12.6 Å². The average Bonchev–Trinajstić information content (AvgIpc) is 2.65. The lowest BCUT2D eigenvalue weighted by atomic mass is 10.1. The first-order valence-electron chi connectivity index (χ1n) is 6.07. The molecular weight excluding hydrogens is 260 g/mol. The summed E-state index contributed by atoms with van der Waals surface area (Å²) in [6.45, 7) is 0.490. The van der Waals surface area contributed by atoms with Gasteiger partial charge in [-0.3, -0.25) is 4.79 Å². The molecule has 0 saturated carbocycles. The van der Waals surface area contributed by atoms with Gasteiger partial charge in [0.25, 0.3) is 0 Å². The molecule has 1 heterocycles. The number of nitrogens with zero attached hydrogens (tertiary/aromatic N) is 1. The fourth-order valence-corrected chi connectivity index (χ4v) is 2.61. The molecule has 3 rings (SSSR count). The van der Waals surface area contributed by atoms with Crippen LogP contribution in [-0.4, -0.2) is 5.91 Å². The van der Waals surface area contributed by atoms with Crippen molar-refractivity contribution in [3.63, 3.8) is 0 Å². The molecule has 1 aliphatic heterocycles. The summed E-state index contributed by atoms with van der Waals surface area (Å²) in [4.78, 5) is 13.9. The van der Waals surface area contributed by atoms with Crippen molar-refractivity contribution in [3.8, 4) is 0 Å². The fraction of sp³-hybridized carbons (Fsp3) is 0.133. The number of para-hydroxylation sites is 1. The molecule has 0 bridgehead atoms. The van der Waals surface area contributed by atoms with Crippen LogP contribution >= 0.6 is 11.6 Å². The first-order valence-corrected chi connectivity index (χ1v) is 6.45. The molecule has 0 aliphatic carbocycles. The molecule has 0 radical (unpaired) electrons. The lowest BCUT2D eigenvalue weighted by Gasteiger charge is -2.17. The highest BCUT2D eigenvalue weighted by atomic mass is 35.5. The average molecular weight is 273 g/mol. The summed E-state index contributed by atoms with van der Waals surface area (Å²) >= 11 is 5.97. The molecule has 0 unspecified atom stereocenters. The summed E-state index contributed by atoms with van der Waals surface area (Å²) in [6.07, 6.45) is 0. The molecule has 1 atom stereocenters. The number of carbonyl (C=O) groups excluding carboxylic acids is 1. The summed E-state index contributed by atoms with van der Waals surface area (Å²) in [6, 6.07) is 14.6. The molecular formula is C15H13ClN2O. The van der Waals surface area contributed by atoms with Gasteiger partial charge < -0.3 is 10.6 Å². The van der Waals surface area contributed by atoms with E-state index in [4.69, 9.17) is 17.3 Å². The minimum absolute atomic E-state index is 0.0684. The van der Waals surface area contributed by atoms with Gasteiger partial charge in [-0.1, -0.05) is 41.9 Å². The summed E-state index contributed by atoms with van der Waals surface area (Å²) in [5.41, 5.74) is 8.71. The van der Waals surface area contributed by atoms with Gasteiger partial charge in [-0.05, 0) is 23.8 Å². The molecule has 96 valence electrons. The Hall–Kier alpha value is -1.84. The second-order valence-electron chi connectivity index (χ2n) is 4.59. The van der Waals surface area contributed by atoms with Crippen LogP contribution in [0.1, 0.15) is 17.2 Å². The quantitative estimate of drug-likeness (QED) is 0.914. The molecule has 0 spiro atoms. The van der Waals surface area contributed by atoms with Crippen LogP contribution in [0.5, 0.6) is 0 Å². The molecule has 2 aromatic carbocycles. The van der Waals surface area contributed by atoms with Crippen LogP contribution < -0.4 is 10.6 Å². The summed E-state index contributed by atoms with van der Waals surface area (Å²) in [7, 11) is 0. The molecule has 1 aliphatic rings. The molecule has 0 aromatic heterocycles. The highest BCUT2D eigenvalue weighted by Gasteiger charge is 2.34. The van der Waals surface area contributed by atoms with Gasteiger partial charge in [0.15, 0.2) is 0 Å². The molecule has 0 fully saturated rings. The van der Waals surface area contributed by atoms with Crippen LogP contribution in [0.15, 0.2) is 48.5 Å². The van der Waals surface area contributed by atoms with Gasteiger partial charge in [0, 0.05) is 16.3 Å². The lowest BCUT2D eigenvalue weighted by molar-refractivity contribution is -0.119. The van der Waals surface area contributed by atoms with E-state index in [1.807, 2.05) is 48.5 Å². The van der Waals surface area contributed by atoms with Crippen molar-refractivity contribution >= 4 is 23.2 Å². The summed E-state index contributed by atoms with van der Waals surface area (Å²) in [5.74, 6) is -0.0684. The monoisotopic (exact) mass is 272 g/mol. The summed E-state index contributed by atoms with van der Waals surface area (Å²) < 4.78 is 0. The van der Waals surface area contributed by atoms with E-state index < -0.39 is 6.04 Å². The second kappa shape index (κ2) is 4.68. The van der Waals surface area contributed by atoms with Crippen molar-refractivity contribution < 1.29 is 4.79 Å². The van der Waals surface area contributed by atoms with Crippen LogP contribution in [0.4, 0.5) is 5.69 Å². The zero-order valence-electron chi connectivity index (χ0n) is 10.2. The summed E-state index contributed by atoms with van der Waals surface area (Å²) in [5, 5.41) is 0.668. The number of amides is 1. The Labute approximate surface area is 116 Å². The molecule has 1 amide bonds.